The van der Waals surface area contributed by atoms with Gasteiger partial charge in [0.2, 0.25) is 0 Å². The van der Waals surface area contributed by atoms with Crippen LogP contribution in [-0.4, -0.2) is 0 Å². The molecule has 1 unspecified atom stereocenters. The number of benzene rings is 2. The van der Waals surface area contributed by atoms with Crippen LogP contribution in [0.3, 0.4) is 0 Å². The Morgan fingerprint density at radius 2 is 1.78 bits per heavy atom. The number of halogens is 4. The molecule has 0 aliphatic rings. The van der Waals surface area contributed by atoms with Gasteiger partial charge in [-0.25, -0.2) is 8.78 Å². The van der Waals surface area contributed by atoms with E-state index in [0.29, 0.717) is 0 Å². The van der Waals surface area contributed by atoms with Crippen molar-refractivity contribution in [1.29, 1.82) is 0 Å². The molecule has 2 aromatic carbocycles. The quantitative estimate of drug-likeness (QED) is 0.650. The predicted octanol–water partition coefficient (Wildman–Crippen LogP) is 5.36. The molecule has 94 valence electrons. The standard InChI is InChI=1S/C14H10BrClF2/c1-8-2-3-9(15)6-12(8)14(16)11-5-4-10(17)7-13(11)18/h2-7,14H,1H3. The summed E-state index contributed by atoms with van der Waals surface area (Å²) in [4.78, 5) is 0. The third-order valence-corrected chi connectivity index (χ3v) is 3.71. The third kappa shape index (κ3) is 2.73. The predicted molar refractivity (Wildman–Crippen MR) is 72.9 cm³/mol. The van der Waals surface area contributed by atoms with Gasteiger partial charge in [0.25, 0.3) is 0 Å². The largest absolute Gasteiger partial charge is 0.207 e. The van der Waals surface area contributed by atoms with Gasteiger partial charge in [-0.05, 0) is 36.2 Å². The van der Waals surface area contributed by atoms with Crippen LogP contribution in [0.25, 0.3) is 0 Å². The van der Waals surface area contributed by atoms with Crippen LogP contribution in [0.4, 0.5) is 8.78 Å². The highest BCUT2D eigenvalue weighted by Gasteiger charge is 2.17. The van der Waals surface area contributed by atoms with Crippen molar-refractivity contribution >= 4 is 27.5 Å². The second-order valence-electron chi connectivity index (χ2n) is 4.03. The zero-order valence-electron chi connectivity index (χ0n) is 9.55. The lowest BCUT2D eigenvalue weighted by Crippen LogP contribution is -2.00. The molecule has 0 aliphatic heterocycles. The van der Waals surface area contributed by atoms with Gasteiger partial charge in [-0.15, -0.1) is 11.6 Å². The van der Waals surface area contributed by atoms with Gasteiger partial charge in [-0.1, -0.05) is 28.1 Å². The molecule has 0 saturated heterocycles. The van der Waals surface area contributed by atoms with Crippen molar-refractivity contribution in [3.8, 4) is 0 Å². The number of rotatable bonds is 2. The molecule has 0 aliphatic carbocycles. The molecule has 0 heterocycles. The maximum atomic E-state index is 13.7. The molecule has 1 atom stereocenters. The van der Waals surface area contributed by atoms with Crippen LogP contribution in [0.5, 0.6) is 0 Å². The topological polar surface area (TPSA) is 0 Å². The highest BCUT2D eigenvalue weighted by atomic mass is 79.9. The Morgan fingerprint density at radius 1 is 1.06 bits per heavy atom. The Bertz CT molecular complexity index is 584. The lowest BCUT2D eigenvalue weighted by molar-refractivity contribution is 0.573. The van der Waals surface area contributed by atoms with E-state index in [1.54, 1.807) is 0 Å². The Kier molecular flexibility index (Phi) is 4.03. The first kappa shape index (κ1) is 13.5. The van der Waals surface area contributed by atoms with Crippen molar-refractivity contribution < 1.29 is 8.78 Å². The van der Waals surface area contributed by atoms with Gasteiger partial charge in [-0.3, -0.25) is 0 Å². The van der Waals surface area contributed by atoms with E-state index >= 15 is 0 Å². The van der Waals surface area contributed by atoms with Crippen molar-refractivity contribution in [1.82, 2.24) is 0 Å². The summed E-state index contributed by atoms with van der Waals surface area (Å²) in [5.41, 5.74) is 2.04. The average molecular weight is 332 g/mol. The summed E-state index contributed by atoms with van der Waals surface area (Å²) in [5, 5.41) is -0.636. The summed E-state index contributed by atoms with van der Waals surface area (Å²) in [6.45, 7) is 1.90. The first-order valence-corrected chi connectivity index (χ1v) is 6.57. The lowest BCUT2D eigenvalue weighted by Gasteiger charge is -2.14. The minimum absolute atomic E-state index is 0.277. The Balaban J connectivity index is 2.47. The summed E-state index contributed by atoms with van der Waals surface area (Å²) in [7, 11) is 0. The van der Waals surface area contributed by atoms with E-state index in [2.05, 4.69) is 15.9 Å². The van der Waals surface area contributed by atoms with E-state index in [1.807, 2.05) is 25.1 Å². The minimum Gasteiger partial charge on any atom is -0.207 e. The molecule has 4 heteroatoms. The summed E-state index contributed by atoms with van der Waals surface area (Å²) < 4.78 is 27.4. The molecule has 2 aromatic rings. The van der Waals surface area contributed by atoms with E-state index in [0.717, 1.165) is 21.7 Å². The number of aryl methyl sites for hydroxylation is 1. The van der Waals surface area contributed by atoms with Gasteiger partial charge in [0.05, 0.1) is 5.38 Å². The molecular weight excluding hydrogens is 322 g/mol. The molecule has 0 spiro atoms. The fourth-order valence-electron chi connectivity index (χ4n) is 1.76. The van der Waals surface area contributed by atoms with E-state index in [4.69, 9.17) is 11.6 Å². The van der Waals surface area contributed by atoms with Crippen LogP contribution in [0.2, 0.25) is 0 Å². The molecule has 0 bridgehead atoms. The molecule has 0 saturated carbocycles. The Morgan fingerprint density at radius 3 is 2.44 bits per heavy atom. The van der Waals surface area contributed by atoms with E-state index in [1.165, 1.54) is 12.1 Å². The van der Waals surface area contributed by atoms with Crippen LogP contribution >= 0.6 is 27.5 Å². The maximum Gasteiger partial charge on any atom is 0.131 e. The van der Waals surface area contributed by atoms with Crippen LogP contribution < -0.4 is 0 Å². The second kappa shape index (κ2) is 5.37. The van der Waals surface area contributed by atoms with E-state index in [-0.39, 0.29) is 5.56 Å². The van der Waals surface area contributed by atoms with Crippen molar-refractivity contribution in [3.63, 3.8) is 0 Å². The third-order valence-electron chi connectivity index (χ3n) is 2.75. The highest BCUT2D eigenvalue weighted by molar-refractivity contribution is 9.10. The smallest absolute Gasteiger partial charge is 0.131 e. The van der Waals surface area contributed by atoms with Crippen molar-refractivity contribution in [2.24, 2.45) is 0 Å². The molecule has 0 fully saturated rings. The van der Waals surface area contributed by atoms with Crippen LogP contribution in [0.15, 0.2) is 40.9 Å². The molecule has 0 nitrogen and oxygen atoms in total. The first-order valence-electron chi connectivity index (χ1n) is 5.34. The SMILES string of the molecule is Cc1ccc(Br)cc1C(Cl)c1ccc(F)cc1F. The number of hydrogen-bond donors (Lipinski definition) is 0. The Hall–Kier alpha value is -0.930. The molecule has 0 radical (unpaired) electrons. The van der Waals surface area contributed by atoms with Gasteiger partial charge in [0, 0.05) is 16.1 Å². The molecule has 18 heavy (non-hydrogen) atoms. The minimum atomic E-state index is -0.636. The number of hydrogen-bond acceptors (Lipinski definition) is 0. The molecule has 0 amide bonds. The average Bonchev–Trinajstić information content (AvgIpc) is 2.31. The Labute approximate surface area is 118 Å². The van der Waals surface area contributed by atoms with Crippen molar-refractivity contribution in [2.45, 2.75) is 12.3 Å². The normalized spacial score (nSPS) is 12.5. The zero-order chi connectivity index (χ0) is 13.3. The summed E-state index contributed by atoms with van der Waals surface area (Å²) in [5.74, 6) is -1.24. The molecule has 0 aromatic heterocycles. The summed E-state index contributed by atoms with van der Waals surface area (Å²) >= 11 is 9.64. The highest BCUT2D eigenvalue weighted by Crippen LogP contribution is 2.34. The molecular formula is C14H10BrClF2. The summed E-state index contributed by atoms with van der Waals surface area (Å²) in [6, 6.07) is 9.07. The molecule has 2 rings (SSSR count). The van der Waals surface area contributed by atoms with Crippen LogP contribution in [0.1, 0.15) is 22.1 Å². The number of alkyl halides is 1. The first-order chi connectivity index (χ1) is 8.49. The van der Waals surface area contributed by atoms with Crippen LogP contribution in [-0.2, 0) is 0 Å². The van der Waals surface area contributed by atoms with Gasteiger partial charge in [0.1, 0.15) is 11.6 Å². The lowest BCUT2D eigenvalue weighted by atomic mass is 10.00. The fraction of sp³-hybridized carbons (Fsp3) is 0.143. The van der Waals surface area contributed by atoms with E-state index < -0.39 is 17.0 Å². The van der Waals surface area contributed by atoms with Crippen molar-refractivity contribution in [2.75, 3.05) is 0 Å². The zero-order valence-corrected chi connectivity index (χ0v) is 11.9. The summed E-state index contributed by atoms with van der Waals surface area (Å²) in [6.07, 6.45) is 0. The van der Waals surface area contributed by atoms with Gasteiger partial charge in [-0.2, -0.15) is 0 Å². The van der Waals surface area contributed by atoms with Crippen LogP contribution in [0, 0.1) is 18.6 Å². The molecule has 0 N–H and O–H groups in total. The second-order valence-corrected chi connectivity index (χ2v) is 5.38. The fourth-order valence-corrected chi connectivity index (χ4v) is 2.55. The maximum absolute atomic E-state index is 13.7. The van der Waals surface area contributed by atoms with Crippen molar-refractivity contribution in [3.05, 3.63) is 69.2 Å². The monoisotopic (exact) mass is 330 g/mol. The van der Waals surface area contributed by atoms with Gasteiger partial charge >= 0.3 is 0 Å². The van der Waals surface area contributed by atoms with Gasteiger partial charge in [0.15, 0.2) is 0 Å². The van der Waals surface area contributed by atoms with Gasteiger partial charge < -0.3 is 0 Å². The van der Waals surface area contributed by atoms with E-state index in [9.17, 15) is 8.78 Å².